The molecule has 0 aliphatic carbocycles. The fraction of sp³-hybridized carbons (Fsp3) is 0.500. The zero-order valence-electron chi connectivity index (χ0n) is 17.7. The number of hydrogen-bond donors (Lipinski definition) is 3. The molecule has 0 saturated carbocycles. The largest absolute Gasteiger partial charge is 0.389 e. The van der Waals surface area contributed by atoms with Crippen molar-refractivity contribution in [1.82, 2.24) is 25.1 Å². The number of anilines is 2. The fourth-order valence-corrected chi connectivity index (χ4v) is 4.99. The van der Waals surface area contributed by atoms with Crippen molar-refractivity contribution in [2.24, 2.45) is 0 Å². The van der Waals surface area contributed by atoms with Crippen molar-refractivity contribution in [2.45, 2.75) is 44.2 Å². The molecule has 4 heterocycles. The topological polar surface area (TPSA) is 99.2 Å². The maximum atomic E-state index is 10.4. The predicted molar refractivity (Wildman–Crippen MR) is 120 cm³/mol. The quantitative estimate of drug-likeness (QED) is 0.569. The number of fused-ring (bicyclic) bond motifs is 1. The van der Waals surface area contributed by atoms with E-state index in [4.69, 9.17) is 21.3 Å². The molecule has 2 aromatic heterocycles. The van der Waals surface area contributed by atoms with Gasteiger partial charge in [-0.1, -0.05) is 11.6 Å². The lowest BCUT2D eigenvalue weighted by molar-refractivity contribution is -0.00214. The van der Waals surface area contributed by atoms with E-state index in [1.54, 1.807) is 6.20 Å². The van der Waals surface area contributed by atoms with Gasteiger partial charge >= 0.3 is 0 Å². The first-order valence-corrected chi connectivity index (χ1v) is 11.1. The van der Waals surface area contributed by atoms with E-state index in [1.807, 2.05) is 6.20 Å². The van der Waals surface area contributed by atoms with Gasteiger partial charge in [-0.3, -0.25) is 10.00 Å². The van der Waals surface area contributed by atoms with Gasteiger partial charge in [0.05, 0.1) is 42.3 Å². The molecule has 9 heteroatoms. The number of benzene rings is 1. The molecule has 0 unspecified atom stereocenters. The second-order valence-electron chi connectivity index (χ2n) is 8.83. The van der Waals surface area contributed by atoms with Crippen LogP contribution < -0.4 is 5.32 Å². The molecule has 164 valence electrons. The molecule has 8 nitrogen and oxygen atoms in total. The van der Waals surface area contributed by atoms with E-state index in [9.17, 15) is 5.11 Å². The highest BCUT2D eigenvalue weighted by molar-refractivity contribution is 6.32. The number of nitrogens with zero attached hydrogens (tertiary/aromatic N) is 4. The molecule has 2 fully saturated rings. The van der Waals surface area contributed by atoms with Crippen LogP contribution in [0.5, 0.6) is 0 Å². The van der Waals surface area contributed by atoms with Crippen LogP contribution in [0, 0.1) is 6.92 Å². The van der Waals surface area contributed by atoms with Crippen LogP contribution >= 0.6 is 11.6 Å². The van der Waals surface area contributed by atoms with Gasteiger partial charge in [0.2, 0.25) is 5.95 Å². The monoisotopic (exact) mass is 442 g/mol. The summed E-state index contributed by atoms with van der Waals surface area (Å²) in [4.78, 5) is 11.5. The third-order valence-electron chi connectivity index (χ3n) is 6.85. The Labute approximate surface area is 186 Å². The predicted octanol–water partition coefficient (Wildman–Crippen LogP) is 3.39. The molecule has 0 spiro atoms. The number of hydrogen-bond acceptors (Lipinski definition) is 7. The Morgan fingerprint density at radius 1 is 1.29 bits per heavy atom. The Balaban J connectivity index is 1.36. The number of aromatic nitrogens is 4. The van der Waals surface area contributed by atoms with Gasteiger partial charge < -0.3 is 15.2 Å². The van der Waals surface area contributed by atoms with Crippen molar-refractivity contribution >= 4 is 34.1 Å². The summed E-state index contributed by atoms with van der Waals surface area (Å²) in [6.07, 6.45) is 5.13. The first-order valence-electron chi connectivity index (χ1n) is 10.7. The number of H-pyrrole nitrogens is 1. The van der Waals surface area contributed by atoms with Gasteiger partial charge in [0.25, 0.3) is 0 Å². The van der Waals surface area contributed by atoms with E-state index in [0.29, 0.717) is 35.9 Å². The van der Waals surface area contributed by atoms with Crippen molar-refractivity contribution < 1.29 is 9.84 Å². The number of halogens is 1. The van der Waals surface area contributed by atoms with E-state index >= 15 is 0 Å². The number of nitrogens with one attached hydrogen (secondary N) is 2. The SMILES string of the molecule is Cc1cc2cnc(Nc3cn[nH]c3Cl)nc2cc1C1CCN([C@]2(C)COC[C@@H]2O)CC1. The molecule has 0 radical (unpaired) electrons. The highest BCUT2D eigenvalue weighted by Crippen LogP contribution is 2.36. The van der Waals surface area contributed by atoms with E-state index < -0.39 is 6.10 Å². The lowest BCUT2D eigenvalue weighted by Gasteiger charge is -2.43. The third-order valence-corrected chi connectivity index (χ3v) is 7.14. The number of aryl methyl sites for hydroxylation is 1. The average Bonchev–Trinajstić information content (AvgIpc) is 3.33. The third kappa shape index (κ3) is 3.78. The van der Waals surface area contributed by atoms with E-state index in [-0.39, 0.29) is 5.54 Å². The minimum atomic E-state index is -0.419. The molecular formula is C22H27ClN6O2. The number of aliphatic hydroxyl groups is 1. The summed E-state index contributed by atoms with van der Waals surface area (Å²) >= 11 is 6.07. The average molecular weight is 443 g/mol. The summed E-state index contributed by atoms with van der Waals surface area (Å²) in [5, 5.41) is 21.5. The normalized spacial score (nSPS) is 25.4. The van der Waals surface area contributed by atoms with Crippen molar-refractivity contribution in [3.8, 4) is 0 Å². The molecule has 2 aliphatic rings. The second kappa shape index (κ2) is 8.02. The Morgan fingerprint density at radius 2 is 2.10 bits per heavy atom. The van der Waals surface area contributed by atoms with Crippen molar-refractivity contribution in [2.75, 3.05) is 31.6 Å². The van der Waals surface area contributed by atoms with Gasteiger partial charge in [-0.15, -0.1) is 0 Å². The van der Waals surface area contributed by atoms with Crippen LogP contribution in [0.2, 0.25) is 5.15 Å². The van der Waals surface area contributed by atoms with Gasteiger partial charge in [0.1, 0.15) is 5.15 Å². The van der Waals surface area contributed by atoms with E-state index in [0.717, 1.165) is 36.8 Å². The fourth-order valence-electron chi connectivity index (χ4n) is 4.84. The number of likely N-dealkylation sites (tertiary alicyclic amines) is 1. The number of rotatable bonds is 4. The lowest BCUT2D eigenvalue weighted by Crippen LogP contribution is -2.56. The van der Waals surface area contributed by atoms with Crippen LogP contribution in [0.4, 0.5) is 11.6 Å². The Bertz CT molecular complexity index is 1100. The number of aromatic amines is 1. The maximum Gasteiger partial charge on any atom is 0.227 e. The molecule has 2 saturated heterocycles. The molecule has 1 aromatic carbocycles. The summed E-state index contributed by atoms with van der Waals surface area (Å²) in [7, 11) is 0. The zero-order valence-corrected chi connectivity index (χ0v) is 18.5. The molecule has 5 rings (SSSR count). The Kier molecular flexibility index (Phi) is 5.34. The molecule has 3 aromatic rings. The molecule has 0 bridgehead atoms. The Morgan fingerprint density at radius 3 is 2.77 bits per heavy atom. The molecular weight excluding hydrogens is 416 g/mol. The summed E-state index contributed by atoms with van der Waals surface area (Å²) in [6.45, 7) is 7.21. The minimum absolute atomic E-state index is 0.272. The summed E-state index contributed by atoms with van der Waals surface area (Å²) in [5.74, 6) is 0.960. The van der Waals surface area contributed by atoms with Gasteiger partial charge in [-0.25, -0.2) is 9.97 Å². The maximum absolute atomic E-state index is 10.4. The number of piperidine rings is 1. The van der Waals surface area contributed by atoms with Gasteiger partial charge in [0, 0.05) is 11.6 Å². The molecule has 2 atom stereocenters. The van der Waals surface area contributed by atoms with Gasteiger partial charge in [-0.05, 0) is 69.0 Å². The summed E-state index contributed by atoms with van der Waals surface area (Å²) in [5.41, 5.74) is 3.89. The molecule has 2 aliphatic heterocycles. The molecule has 3 N–H and O–H groups in total. The number of ether oxygens (including phenoxy) is 1. The van der Waals surface area contributed by atoms with Crippen molar-refractivity contribution in [1.29, 1.82) is 0 Å². The lowest BCUT2D eigenvalue weighted by atomic mass is 9.84. The van der Waals surface area contributed by atoms with Crippen LogP contribution in [-0.4, -0.2) is 68.1 Å². The highest BCUT2D eigenvalue weighted by atomic mass is 35.5. The summed E-state index contributed by atoms with van der Waals surface area (Å²) in [6, 6.07) is 4.37. The van der Waals surface area contributed by atoms with Crippen LogP contribution in [0.15, 0.2) is 24.5 Å². The highest BCUT2D eigenvalue weighted by Gasteiger charge is 2.44. The zero-order chi connectivity index (χ0) is 21.6. The van der Waals surface area contributed by atoms with E-state index in [1.165, 1.54) is 11.1 Å². The standard InChI is InChI=1S/C22H27ClN6O2/c1-13-7-15-9-24-21(27-18-10-25-28-20(18)23)26-17(15)8-16(13)14-3-5-29(6-4-14)22(2)12-31-11-19(22)30/h7-10,14,19,30H,3-6,11-12H2,1-2H3,(H,25,28)(H,24,26,27)/t19-,22+/m0/s1. The van der Waals surface area contributed by atoms with Gasteiger partial charge in [0.15, 0.2) is 0 Å². The number of aliphatic hydroxyl groups excluding tert-OH is 1. The van der Waals surface area contributed by atoms with Crippen LogP contribution in [-0.2, 0) is 4.74 Å². The van der Waals surface area contributed by atoms with E-state index in [2.05, 4.69) is 51.4 Å². The van der Waals surface area contributed by atoms with Crippen LogP contribution in [0.25, 0.3) is 10.9 Å². The van der Waals surface area contributed by atoms with Crippen molar-refractivity contribution in [3.05, 3.63) is 40.8 Å². The molecule has 31 heavy (non-hydrogen) atoms. The smallest absolute Gasteiger partial charge is 0.227 e. The van der Waals surface area contributed by atoms with Crippen LogP contribution in [0.3, 0.4) is 0 Å². The first kappa shape index (κ1) is 20.6. The van der Waals surface area contributed by atoms with Crippen molar-refractivity contribution in [3.63, 3.8) is 0 Å². The summed E-state index contributed by atoms with van der Waals surface area (Å²) < 4.78 is 5.53. The van der Waals surface area contributed by atoms with Crippen LogP contribution in [0.1, 0.15) is 36.8 Å². The minimum Gasteiger partial charge on any atom is -0.389 e. The van der Waals surface area contributed by atoms with Gasteiger partial charge in [-0.2, -0.15) is 5.10 Å². The first-order chi connectivity index (χ1) is 14.9. The second-order valence-corrected chi connectivity index (χ2v) is 9.21. The molecule has 0 amide bonds. The Hall–Kier alpha value is -2.26.